The van der Waals surface area contributed by atoms with Crippen molar-refractivity contribution in [2.75, 3.05) is 24.5 Å². The Morgan fingerprint density at radius 2 is 2.16 bits per heavy atom. The lowest BCUT2D eigenvalue weighted by molar-refractivity contribution is -0.119. The molecule has 1 fully saturated rings. The highest BCUT2D eigenvalue weighted by atomic mass is 35.5. The zero-order chi connectivity index (χ0) is 12.4. The summed E-state index contributed by atoms with van der Waals surface area (Å²) < 4.78 is 0. The average molecular weight is 282 g/mol. The van der Waals surface area contributed by atoms with Gasteiger partial charge in [0.05, 0.1) is 6.54 Å². The number of halogens is 1. The van der Waals surface area contributed by atoms with E-state index in [-0.39, 0.29) is 18.3 Å². The third-order valence-corrected chi connectivity index (χ3v) is 3.48. The summed E-state index contributed by atoms with van der Waals surface area (Å²) in [6, 6.07) is 8.76. The standard InChI is InChI=1S/C14H19N3O.ClH/c18-14(16-12-5-6-12)10-17-8-7-15-9-11-3-1-2-4-13(11)17;/h1-4,12,15H,5-10H2,(H,16,18);1H. The van der Waals surface area contributed by atoms with Gasteiger partial charge in [0.15, 0.2) is 0 Å². The van der Waals surface area contributed by atoms with E-state index in [1.807, 2.05) is 12.1 Å². The number of hydrogen-bond donors (Lipinski definition) is 2. The Morgan fingerprint density at radius 3 is 2.95 bits per heavy atom. The van der Waals surface area contributed by atoms with Crippen molar-refractivity contribution in [3.63, 3.8) is 0 Å². The lowest BCUT2D eigenvalue weighted by Crippen LogP contribution is -2.40. The van der Waals surface area contributed by atoms with Crippen molar-refractivity contribution in [1.82, 2.24) is 10.6 Å². The van der Waals surface area contributed by atoms with E-state index in [9.17, 15) is 4.79 Å². The van der Waals surface area contributed by atoms with Gasteiger partial charge in [-0.15, -0.1) is 12.4 Å². The van der Waals surface area contributed by atoms with Gasteiger partial charge in [-0.3, -0.25) is 4.79 Å². The summed E-state index contributed by atoms with van der Waals surface area (Å²) in [5.74, 6) is 0.147. The Kier molecular flexibility index (Phi) is 4.66. The maximum Gasteiger partial charge on any atom is 0.239 e. The lowest BCUT2D eigenvalue weighted by Gasteiger charge is -2.23. The quantitative estimate of drug-likeness (QED) is 0.878. The average Bonchev–Trinajstić information content (AvgIpc) is 3.18. The van der Waals surface area contributed by atoms with Crippen LogP contribution in [0.2, 0.25) is 0 Å². The maximum atomic E-state index is 11.9. The first-order chi connectivity index (χ1) is 8.83. The van der Waals surface area contributed by atoms with Crippen molar-refractivity contribution in [3.05, 3.63) is 29.8 Å². The van der Waals surface area contributed by atoms with E-state index in [1.165, 1.54) is 11.3 Å². The summed E-state index contributed by atoms with van der Waals surface area (Å²) in [6.45, 7) is 3.16. The van der Waals surface area contributed by atoms with Crippen molar-refractivity contribution >= 4 is 24.0 Å². The number of anilines is 1. The van der Waals surface area contributed by atoms with Gasteiger partial charge in [-0.05, 0) is 24.5 Å². The number of hydrogen-bond acceptors (Lipinski definition) is 3. The van der Waals surface area contributed by atoms with E-state index in [2.05, 4.69) is 27.7 Å². The molecule has 0 aromatic heterocycles. The van der Waals surface area contributed by atoms with Gasteiger partial charge in [-0.1, -0.05) is 18.2 Å². The van der Waals surface area contributed by atoms with Crippen molar-refractivity contribution in [1.29, 1.82) is 0 Å². The SMILES string of the molecule is Cl.O=C(CN1CCNCc2ccccc21)NC1CC1. The monoisotopic (exact) mass is 281 g/mol. The van der Waals surface area contributed by atoms with Crippen molar-refractivity contribution < 1.29 is 4.79 Å². The second kappa shape index (κ2) is 6.26. The molecule has 0 bridgehead atoms. The van der Waals surface area contributed by atoms with E-state index >= 15 is 0 Å². The van der Waals surface area contributed by atoms with Crippen LogP contribution < -0.4 is 15.5 Å². The van der Waals surface area contributed by atoms with Crippen LogP contribution in [0.4, 0.5) is 5.69 Å². The molecule has 0 unspecified atom stereocenters. The summed E-state index contributed by atoms with van der Waals surface area (Å²) >= 11 is 0. The van der Waals surface area contributed by atoms with E-state index in [4.69, 9.17) is 0 Å². The molecule has 4 nitrogen and oxygen atoms in total. The molecule has 104 valence electrons. The number of amides is 1. The number of fused-ring (bicyclic) bond motifs is 1. The van der Waals surface area contributed by atoms with E-state index in [0.29, 0.717) is 12.6 Å². The van der Waals surface area contributed by atoms with Crippen LogP contribution in [0.15, 0.2) is 24.3 Å². The van der Waals surface area contributed by atoms with Crippen LogP contribution >= 0.6 is 12.4 Å². The summed E-state index contributed by atoms with van der Waals surface area (Å²) in [5.41, 5.74) is 2.46. The molecule has 0 radical (unpaired) electrons. The predicted octanol–water partition coefficient (Wildman–Crippen LogP) is 1.30. The fourth-order valence-electron chi connectivity index (χ4n) is 2.36. The molecule has 19 heavy (non-hydrogen) atoms. The van der Waals surface area contributed by atoms with E-state index in [1.54, 1.807) is 0 Å². The normalized spacial score (nSPS) is 18.0. The molecule has 1 amide bonds. The van der Waals surface area contributed by atoms with Crippen LogP contribution in [0.5, 0.6) is 0 Å². The molecule has 0 saturated heterocycles. The first-order valence-electron chi connectivity index (χ1n) is 6.66. The molecule has 1 aromatic rings. The Labute approximate surface area is 120 Å². The van der Waals surface area contributed by atoms with Gasteiger partial charge in [0, 0.05) is 31.4 Å². The smallest absolute Gasteiger partial charge is 0.239 e. The van der Waals surface area contributed by atoms with E-state index < -0.39 is 0 Å². The minimum Gasteiger partial charge on any atom is -0.361 e. The first-order valence-corrected chi connectivity index (χ1v) is 6.66. The molecule has 1 saturated carbocycles. The molecule has 2 aliphatic rings. The topological polar surface area (TPSA) is 44.4 Å². The summed E-state index contributed by atoms with van der Waals surface area (Å²) in [7, 11) is 0. The molecule has 1 aromatic carbocycles. The Bertz CT molecular complexity index is 448. The third kappa shape index (κ3) is 3.61. The lowest BCUT2D eigenvalue weighted by atomic mass is 10.1. The highest BCUT2D eigenvalue weighted by Crippen LogP contribution is 2.22. The summed E-state index contributed by atoms with van der Waals surface area (Å²) in [5, 5.41) is 6.44. The van der Waals surface area contributed by atoms with Crippen molar-refractivity contribution in [3.8, 4) is 0 Å². The highest BCUT2D eigenvalue weighted by molar-refractivity contribution is 5.85. The van der Waals surface area contributed by atoms with Crippen LogP contribution in [0.3, 0.4) is 0 Å². The van der Waals surface area contributed by atoms with Crippen LogP contribution in [-0.2, 0) is 11.3 Å². The molecule has 1 heterocycles. The van der Waals surface area contributed by atoms with Crippen LogP contribution in [-0.4, -0.2) is 31.6 Å². The highest BCUT2D eigenvalue weighted by Gasteiger charge is 2.24. The Balaban J connectivity index is 0.00000133. The predicted molar refractivity (Wildman–Crippen MR) is 78.8 cm³/mol. The molecule has 5 heteroatoms. The fraction of sp³-hybridized carbons (Fsp3) is 0.500. The largest absolute Gasteiger partial charge is 0.361 e. The first kappa shape index (κ1) is 14.2. The van der Waals surface area contributed by atoms with Gasteiger partial charge in [-0.2, -0.15) is 0 Å². The molecule has 0 atom stereocenters. The van der Waals surface area contributed by atoms with Gasteiger partial charge >= 0.3 is 0 Å². The molecule has 0 spiro atoms. The summed E-state index contributed by atoms with van der Waals surface area (Å²) in [4.78, 5) is 14.1. The molecular weight excluding hydrogens is 262 g/mol. The molecular formula is C14H20ClN3O. The fourth-order valence-corrected chi connectivity index (χ4v) is 2.36. The zero-order valence-corrected chi connectivity index (χ0v) is 11.7. The third-order valence-electron chi connectivity index (χ3n) is 3.48. The Hall–Kier alpha value is -1.26. The maximum absolute atomic E-state index is 11.9. The minimum absolute atomic E-state index is 0. The van der Waals surface area contributed by atoms with Gasteiger partial charge in [-0.25, -0.2) is 0 Å². The Morgan fingerprint density at radius 1 is 1.37 bits per heavy atom. The zero-order valence-electron chi connectivity index (χ0n) is 10.9. The summed E-state index contributed by atoms with van der Waals surface area (Å²) in [6.07, 6.45) is 2.29. The number of carbonyl (C=O) groups excluding carboxylic acids is 1. The van der Waals surface area contributed by atoms with Crippen LogP contribution in [0, 0.1) is 0 Å². The van der Waals surface area contributed by atoms with Crippen LogP contribution in [0.25, 0.3) is 0 Å². The van der Waals surface area contributed by atoms with Gasteiger partial charge in [0.2, 0.25) is 5.91 Å². The number of nitrogens with one attached hydrogen (secondary N) is 2. The second-order valence-corrected chi connectivity index (χ2v) is 5.07. The minimum atomic E-state index is 0. The molecule has 1 aliphatic heterocycles. The molecule has 3 rings (SSSR count). The van der Waals surface area contributed by atoms with Crippen molar-refractivity contribution in [2.24, 2.45) is 0 Å². The van der Waals surface area contributed by atoms with E-state index in [0.717, 1.165) is 32.5 Å². The molecule has 2 N–H and O–H groups in total. The van der Waals surface area contributed by atoms with Crippen LogP contribution in [0.1, 0.15) is 18.4 Å². The number of rotatable bonds is 3. The van der Waals surface area contributed by atoms with Gasteiger partial charge < -0.3 is 15.5 Å². The number of para-hydroxylation sites is 1. The van der Waals surface area contributed by atoms with Gasteiger partial charge in [0.1, 0.15) is 0 Å². The second-order valence-electron chi connectivity index (χ2n) is 5.07. The number of benzene rings is 1. The molecule has 1 aliphatic carbocycles. The number of carbonyl (C=O) groups is 1. The van der Waals surface area contributed by atoms with Gasteiger partial charge in [0.25, 0.3) is 0 Å². The van der Waals surface area contributed by atoms with Crippen molar-refractivity contribution in [2.45, 2.75) is 25.4 Å². The number of nitrogens with zero attached hydrogens (tertiary/aromatic N) is 1.